The number of carbonyl (C=O) groups is 2. The summed E-state index contributed by atoms with van der Waals surface area (Å²) >= 11 is 0. The van der Waals surface area contributed by atoms with Crippen LogP contribution in [0.2, 0.25) is 0 Å². The molecule has 2 atom stereocenters. The highest BCUT2D eigenvalue weighted by Gasteiger charge is 2.50. The van der Waals surface area contributed by atoms with Gasteiger partial charge in [-0.3, -0.25) is 9.59 Å². The van der Waals surface area contributed by atoms with Gasteiger partial charge in [0.15, 0.2) is 5.41 Å². The summed E-state index contributed by atoms with van der Waals surface area (Å²) in [5, 5.41) is 9.39. The molecular weight excluding hydrogens is 250 g/mol. The second kappa shape index (κ2) is 7.10. The minimum Gasteiger partial charge on any atom is -0.466 e. The molecule has 0 amide bonds. The van der Waals surface area contributed by atoms with Crippen molar-refractivity contribution in [3.63, 3.8) is 0 Å². The molecule has 6 heteroatoms. The zero-order valence-electron chi connectivity index (χ0n) is 11.3. The standard InChI is InChI=1S/C13H19NO5/c1-3-18-11(15)7-10-8-17-6-5-13(10,9-14)12(16)19-4-2/h10H,3-8H2,1-2H3/t10-,13+/m1/s1. The number of esters is 2. The summed E-state index contributed by atoms with van der Waals surface area (Å²) in [6.07, 6.45) is 0.229. The van der Waals surface area contributed by atoms with Gasteiger partial charge in [-0.1, -0.05) is 0 Å². The molecule has 0 aromatic heterocycles. The maximum atomic E-state index is 12.0. The Morgan fingerprint density at radius 1 is 1.37 bits per heavy atom. The van der Waals surface area contributed by atoms with Crippen LogP contribution in [0.25, 0.3) is 0 Å². The van der Waals surface area contributed by atoms with Gasteiger partial charge in [0.25, 0.3) is 0 Å². The van der Waals surface area contributed by atoms with E-state index in [4.69, 9.17) is 14.2 Å². The monoisotopic (exact) mass is 269 g/mol. The van der Waals surface area contributed by atoms with Gasteiger partial charge >= 0.3 is 11.9 Å². The van der Waals surface area contributed by atoms with Crippen LogP contribution in [-0.4, -0.2) is 38.4 Å². The Kier molecular flexibility index (Phi) is 5.77. The Morgan fingerprint density at radius 2 is 2.05 bits per heavy atom. The highest BCUT2D eigenvalue weighted by Crippen LogP contribution is 2.38. The molecule has 1 rings (SSSR count). The van der Waals surface area contributed by atoms with E-state index in [1.807, 2.05) is 6.07 Å². The summed E-state index contributed by atoms with van der Waals surface area (Å²) in [5.74, 6) is -1.53. The van der Waals surface area contributed by atoms with E-state index in [1.54, 1.807) is 13.8 Å². The molecule has 0 radical (unpaired) electrons. The van der Waals surface area contributed by atoms with Gasteiger partial charge in [-0.25, -0.2) is 0 Å². The van der Waals surface area contributed by atoms with Crippen molar-refractivity contribution in [2.45, 2.75) is 26.7 Å². The lowest BCUT2D eigenvalue weighted by molar-refractivity contribution is -0.164. The Balaban J connectivity index is 2.87. The summed E-state index contributed by atoms with van der Waals surface area (Å²) in [5.41, 5.74) is -1.30. The van der Waals surface area contributed by atoms with Crippen LogP contribution in [-0.2, 0) is 23.8 Å². The molecule has 106 valence electrons. The highest BCUT2D eigenvalue weighted by molar-refractivity contribution is 5.82. The van der Waals surface area contributed by atoms with Crippen LogP contribution in [0.4, 0.5) is 0 Å². The summed E-state index contributed by atoms with van der Waals surface area (Å²) in [6, 6.07) is 2.04. The third-order valence-corrected chi connectivity index (χ3v) is 3.21. The van der Waals surface area contributed by atoms with E-state index in [-0.39, 0.29) is 32.7 Å². The van der Waals surface area contributed by atoms with Crippen molar-refractivity contribution < 1.29 is 23.8 Å². The Hall–Kier alpha value is -1.61. The molecule has 1 saturated heterocycles. The lowest BCUT2D eigenvalue weighted by Crippen LogP contribution is -2.46. The zero-order valence-corrected chi connectivity index (χ0v) is 11.3. The number of ether oxygens (including phenoxy) is 3. The second-order valence-electron chi connectivity index (χ2n) is 4.33. The van der Waals surface area contributed by atoms with E-state index < -0.39 is 23.3 Å². The van der Waals surface area contributed by atoms with Crippen LogP contribution in [0, 0.1) is 22.7 Å². The lowest BCUT2D eigenvalue weighted by atomic mass is 9.71. The number of nitriles is 1. The molecule has 0 N–H and O–H groups in total. The first-order valence-electron chi connectivity index (χ1n) is 6.42. The minimum atomic E-state index is -1.30. The van der Waals surface area contributed by atoms with Crippen LogP contribution < -0.4 is 0 Å². The smallest absolute Gasteiger partial charge is 0.326 e. The number of hydrogen-bond acceptors (Lipinski definition) is 6. The van der Waals surface area contributed by atoms with Crippen LogP contribution in [0.3, 0.4) is 0 Å². The predicted octanol–water partition coefficient (Wildman–Crippen LogP) is 1.05. The fraction of sp³-hybridized carbons (Fsp3) is 0.769. The van der Waals surface area contributed by atoms with Gasteiger partial charge in [0.1, 0.15) is 0 Å². The predicted molar refractivity (Wildman–Crippen MR) is 64.9 cm³/mol. The molecule has 6 nitrogen and oxygen atoms in total. The maximum absolute atomic E-state index is 12.0. The van der Waals surface area contributed by atoms with Crippen LogP contribution >= 0.6 is 0 Å². The minimum absolute atomic E-state index is 0.0137. The molecule has 1 aliphatic rings. The molecule has 1 heterocycles. The molecule has 0 bridgehead atoms. The van der Waals surface area contributed by atoms with Crippen molar-refractivity contribution in [1.29, 1.82) is 5.26 Å². The molecule has 0 aliphatic carbocycles. The first kappa shape index (κ1) is 15.4. The third kappa shape index (κ3) is 3.44. The highest BCUT2D eigenvalue weighted by atomic mass is 16.5. The SMILES string of the molecule is CCOC(=O)C[C@@H]1COCC[C@@]1(C#N)C(=O)OCC. The molecule has 0 saturated carbocycles. The summed E-state index contributed by atoms with van der Waals surface area (Å²) < 4.78 is 15.1. The van der Waals surface area contributed by atoms with Gasteiger partial charge in [-0.15, -0.1) is 0 Å². The Labute approximate surface area is 112 Å². The first-order chi connectivity index (χ1) is 9.10. The largest absolute Gasteiger partial charge is 0.466 e. The van der Waals surface area contributed by atoms with Crippen LogP contribution in [0.1, 0.15) is 26.7 Å². The van der Waals surface area contributed by atoms with E-state index in [9.17, 15) is 14.9 Å². The van der Waals surface area contributed by atoms with Gasteiger partial charge in [-0.05, 0) is 13.8 Å². The third-order valence-electron chi connectivity index (χ3n) is 3.21. The summed E-state index contributed by atoms with van der Waals surface area (Å²) in [7, 11) is 0. The molecule has 0 aromatic rings. The Bertz CT molecular complexity index is 376. The van der Waals surface area contributed by atoms with Gasteiger partial charge in [-0.2, -0.15) is 5.26 Å². The number of carbonyl (C=O) groups excluding carboxylic acids is 2. The van der Waals surface area contributed by atoms with Crippen molar-refractivity contribution in [2.75, 3.05) is 26.4 Å². The average Bonchev–Trinajstić information content (AvgIpc) is 2.40. The second-order valence-corrected chi connectivity index (χ2v) is 4.33. The Morgan fingerprint density at radius 3 is 2.63 bits per heavy atom. The van der Waals surface area contributed by atoms with Crippen molar-refractivity contribution in [2.24, 2.45) is 11.3 Å². The van der Waals surface area contributed by atoms with Crippen molar-refractivity contribution in [3.05, 3.63) is 0 Å². The number of hydrogen-bond donors (Lipinski definition) is 0. The molecule has 0 unspecified atom stereocenters. The molecular formula is C13H19NO5. The van der Waals surface area contributed by atoms with Crippen molar-refractivity contribution >= 4 is 11.9 Å². The lowest BCUT2D eigenvalue weighted by Gasteiger charge is -2.35. The average molecular weight is 269 g/mol. The van der Waals surface area contributed by atoms with Gasteiger partial charge in [0.2, 0.25) is 0 Å². The van der Waals surface area contributed by atoms with E-state index in [0.717, 1.165) is 0 Å². The number of rotatable bonds is 5. The molecule has 0 spiro atoms. The maximum Gasteiger partial charge on any atom is 0.326 e. The normalized spacial score (nSPS) is 26.3. The van der Waals surface area contributed by atoms with Gasteiger partial charge in [0, 0.05) is 18.9 Å². The van der Waals surface area contributed by atoms with E-state index in [2.05, 4.69) is 0 Å². The quantitative estimate of drug-likeness (QED) is 0.693. The zero-order chi connectivity index (χ0) is 14.3. The summed E-state index contributed by atoms with van der Waals surface area (Å²) in [4.78, 5) is 23.6. The van der Waals surface area contributed by atoms with E-state index >= 15 is 0 Å². The topological polar surface area (TPSA) is 85.6 Å². The fourth-order valence-corrected chi connectivity index (χ4v) is 2.18. The molecule has 1 aliphatic heterocycles. The van der Waals surface area contributed by atoms with Crippen molar-refractivity contribution in [1.82, 2.24) is 0 Å². The van der Waals surface area contributed by atoms with Crippen molar-refractivity contribution in [3.8, 4) is 6.07 Å². The van der Waals surface area contributed by atoms with E-state index in [0.29, 0.717) is 6.61 Å². The molecule has 1 fully saturated rings. The summed E-state index contributed by atoms with van der Waals surface area (Å²) in [6.45, 7) is 4.36. The van der Waals surface area contributed by atoms with Crippen LogP contribution in [0.15, 0.2) is 0 Å². The first-order valence-corrected chi connectivity index (χ1v) is 6.42. The van der Waals surface area contributed by atoms with Crippen LogP contribution in [0.5, 0.6) is 0 Å². The van der Waals surface area contributed by atoms with Gasteiger partial charge in [0.05, 0.1) is 32.3 Å². The molecule has 19 heavy (non-hydrogen) atoms. The fourth-order valence-electron chi connectivity index (χ4n) is 2.18. The number of nitrogens with zero attached hydrogens (tertiary/aromatic N) is 1. The van der Waals surface area contributed by atoms with E-state index in [1.165, 1.54) is 0 Å². The molecule has 0 aromatic carbocycles. The van der Waals surface area contributed by atoms with Gasteiger partial charge < -0.3 is 14.2 Å².